The van der Waals surface area contributed by atoms with E-state index in [1.165, 1.54) is 183 Å². The van der Waals surface area contributed by atoms with Gasteiger partial charge >= 0.3 is 0 Å². The molecule has 0 saturated heterocycles. The van der Waals surface area contributed by atoms with Crippen LogP contribution in [-0.4, -0.2) is 87.6 Å². The molecule has 0 radical (unpaired) electrons. The van der Waals surface area contributed by atoms with Crippen molar-refractivity contribution in [2.45, 2.75) is 19.6 Å². The molecule has 14 heteroatoms. The number of fused-ring (bicyclic) bond motifs is 9. The molecular formula is C78H62B10N2S2. The van der Waals surface area contributed by atoms with E-state index < -0.39 is 10.0 Å². The molecule has 0 aliphatic carbocycles. The third-order valence-corrected chi connectivity index (χ3v) is 26.0. The zero-order valence-electron chi connectivity index (χ0n) is 54.0. The summed E-state index contributed by atoms with van der Waals surface area (Å²) in [5.41, 5.74) is 30.3. The first-order valence-electron chi connectivity index (χ1n) is 32.2. The Morgan fingerprint density at radius 1 is 0.261 bits per heavy atom. The van der Waals surface area contributed by atoms with Crippen LogP contribution in [-0.2, 0) is 0 Å². The lowest BCUT2D eigenvalue weighted by Gasteiger charge is -2.43. The van der Waals surface area contributed by atoms with E-state index in [1.54, 1.807) is 0 Å². The average molecular weight is 1200 g/mol. The molecule has 0 bridgehead atoms. The van der Waals surface area contributed by atoms with Gasteiger partial charge in [0.15, 0.2) is 0 Å². The highest BCUT2D eigenvalue weighted by Gasteiger charge is 2.37. The summed E-state index contributed by atoms with van der Waals surface area (Å²) < 4.78 is 7.84. The van der Waals surface area contributed by atoms with E-state index >= 15 is 0 Å². The minimum atomic E-state index is -2.19. The van der Waals surface area contributed by atoms with Crippen LogP contribution < -0.4 is 54.6 Å². The second-order valence-corrected chi connectivity index (χ2v) is 29.5. The van der Waals surface area contributed by atoms with Crippen molar-refractivity contribution in [1.29, 1.82) is 0 Å². The van der Waals surface area contributed by atoms with E-state index in [4.69, 9.17) is 0 Å². The molecule has 3 heterocycles. The fourth-order valence-electron chi connectivity index (χ4n) is 15.7. The van der Waals surface area contributed by atoms with Gasteiger partial charge in [0.05, 0.1) is 27.8 Å². The topological polar surface area (TPSA) is 9.86 Å². The van der Waals surface area contributed by atoms with Crippen LogP contribution in [0.25, 0.3) is 120 Å². The summed E-state index contributed by atoms with van der Waals surface area (Å²) in [6, 6.07) is 96.8. The van der Waals surface area contributed by atoms with Gasteiger partial charge in [-0.1, -0.05) is 186 Å². The highest BCUT2D eigenvalue weighted by molar-refractivity contribution is 8.34. The lowest BCUT2D eigenvalue weighted by atomic mass is 9.58. The van der Waals surface area contributed by atoms with Gasteiger partial charge in [0, 0.05) is 83.7 Å². The molecule has 0 aliphatic rings. The van der Waals surface area contributed by atoms with Gasteiger partial charge in [0.25, 0.3) is 0 Å². The third-order valence-electron chi connectivity index (χ3n) is 21.0. The lowest BCUT2D eigenvalue weighted by molar-refractivity contribution is 1.16. The first-order chi connectivity index (χ1) is 44.9. The van der Waals surface area contributed by atoms with Crippen molar-refractivity contribution in [2.75, 3.05) is 0 Å². The highest BCUT2D eigenvalue weighted by Crippen LogP contribution is 2.74. The Morgan fingerprint density at radius 2 is 0.652 bits per heavy atom. The minimum absolute atomic E-state index is 1.12. The van der Waals surface area contributed by atoms with Crippen molar-refractivity contribution in [2.24, 2.45) is 0 Å². The second kappa shape index (κ2) is 22.5. The predicted octanol–water partition coefficient (Wildman–Crippen LogP) is 4.84. The molecule has 0 atom stereocenters. The third kappa shape index (κ3) is 8.63. The van der Waals surface area contributed by atoms with E-state index in [-0.39, 0.29) is 0 Å². The molecule has 426 valence electrons. The fraction of sp³-hybridized carbons (Fsp3) is 0. The van der Waals surface area contributed by atoms with Crippen molar-refractivity contribution in [3.63, 3.8) is 0 Å². The van der Waals surface area contributed by atoms with Crippen LogP contribution in [0.5, 0.6) is 0 Å². The maximum atomic E-state index is 2.67. The van der Waals surface area contributed by atoms with E-state index in [0.29, 0.717) is 0 Å². The molecule has 0 fully saturated rings. The fourth-order valence-corrected chi connectivity index (χ4v) is 20.8. The number of hydrogen-bond acceptors (Lipinski definition) is 1. The molecule has 0 aliphatic heterocycles. The smallest absolute Gasteiger partial charge is 0.139 e. The number of hydrogen-bond donors (Lipinski definition) is 0. The van der Waals surface area contributed by atoms with Crippen LogP contribution in [0.15, 0.2) is 274 Å². The Kier molecular flexibility index (Phi) is 14.1. The van der Waals surface area contributed by atoms with Crippen LogP contribution >= 0.6 is 21.4 Å². The Bertz CT molecular complexity index is 5480. The molecule has 0 saturated carbocycles. The maximum absolute atomic E-state index is 2.67. The molecule has 0 spiro atoms. The van der Waals surface area contributed by atoms with Gasteiger partial charge in [0.2, 0.25) is 0 Å². The zero-order chi connectivity index (χ0) is 62.8. The van der Waals surface area contributed by atoms with E-state index in [2.05, 4.69) is 342 Å². The van der Waals surface area contributed by atoms with Gasteiger partial charge in [-0.25, -0.2) is 0 Å². The molecule has 16 rings (SSSR count). The van der Waals surface area contributed by atoms with Crippen molar-refractivity contribution < 1.29 is 0 Å². The molecule has 13 aromatic carbocycles. The first kappa shape index (κ1) is 57.8. The van der Waals surface area contributed by atoms with E-state index in [9.17, 15) is 0 Å². The summed E-state index contributed by atoms with van der Waals surface area (Å²) in [6.07, 6.45) is 0. The van der Waals surface area contributed by atoms with Gasteiger partial charge in [-0.05, 0) is 119 Å². The second-order valence-electron chi connectivity index (χ2n) is 25.3. The average Bonchev–Trinajstić information content (AvgIpc) is 1.20. The number of thiophene rings is 1. The summed E-state index contributed by atoms with van der Waals surface area (Å²) >= 11 is 1.88. The van der Waals surface area contributed by atoms with Crippen LogP contribution in [0.4, 0.5) is 0 Å². The first-order valence-corrected chi connectivity index (χ1v) is 34.7. The summed E-state index contributed by atoms with van der Waals surface area (Å²) in [5.74, 6) is 0. The van der Waals surface area contributed by atoms with Crippen LogP contribution in [0.1, 0.15) is 0 Å². The molecule has 2 nitrogen and oxygen atoms in total. The number of rotatable bonds is 10. The number of benzene rings is 13. The summed E-state index contributed by atoms with van der Waals surface area (Å²) in [5, 5.41) is 7.49. The summed E-state index contributed by atoms with van der Waals surface area (Å²) in [4.78, 5) is 5.19. The molecular weight excluding hydrogens is 1140 g/mol. The maximum Gasteiger partial charge on any atom is 0.139 e. The van der Waals surface area contributed by atoms with Crippen molar-refractivity contribution in [3.05, 3.63) is 255 Å². The largest absolute Gasteiger partial charge is 0.309 e. The Balaban J connectivity index is 1.04. The number of para-hydroxylation sites is 3. The van der Waals surface area contributed by atoms with Crippen LogP contribution in [0, 0.1) is 0 Å². The van der Waals surface area contributed by atoms with Crippen molar-refractivity contribution in [1.82, 2.24) is 9.13 Å². The van der Waals surface area contributed by atoms with Crippen LogP contribution in [0.3, 0.4) is 0 Å². The van der Waals surface area contributed by atoms with E-state index in [1.807, 2.05) is 11.3 Å². The van der Waals surface area contributed by atoms with Gasteiger partial charge < -0.3 is 9.13 Å². The minimum Gasteiger partial charge on any atom is -0.309 e. The Morgan fingerprint density at radius 3 is 1.21 bits per heavy atom. The standard InChI is InChI=1S/C78H62B10N2S2/c79-67-65(68(80)72(84)75(87)71(67)83)57-41-47(92(44-20-4-1-5-21-44,45-22-6-2-7-23-45)46-24-8-3-9-25-46)42-58(66-69(81)73(85)76(88)74(86)70(66)82)78(57)90-60-35-16-13-29-51(60)56-40-43(38-39-61(56)90)89-59-34-15-12-28-50(59)54-33-18-32-53(77(54)89)49-27-11-10-26-48(49)52-31-19-37-63-64(52)55-30-14-17-36-62(55)91-63/h1-42H,79-88H2. The summed E-state index contributed by atoms with van der Waals surface area (Å²) in [6.45, 7) is 0. The predicted molar refractivity (Wildman–Crippen MR) is 432 cm³/mol. The molecule has 0 N–H and O–H groups in total. The molecule has 3 aromatic heterocycles. The van der Waals surface area contributed by atoms with Gasteiger partial charge in [-0.15, -0.1) is 54.1 Å². The van der Waals surface area contributed by atoms with Gasteiger partial charge in [0.1, 0.15) is 78.5 Å². The van der Waals surface area contributed by atoms with Gasteiger partial charge in [-0.3, -0.25) is 0 Å². The monoisotopic (exact) mass is 1200 g/mol. The SMILES string of the molecule is Bc1c(B)c(B)c(-c2cc(S(c3ccccc3)(c3ccccc3)c3ccccc3)cc(-c3c(B)c(B)c(B)c(B)c3B)c2-n2c3ccccc3c3cc(-n4c5ccccc5c5cccc(-c6ccccc6-c6cccc7sc8ccccc8c67)c54)ccc32)c(B)c1B. The molecule has 16 aromatic rings. The normalized spacial score (nSPS) is 12.1. The Hall–Kier alpha value is -9.32. The summed E-state index contributed by atoms with van der Waals surface area (Å²) in [7, 11) is 21.3. The zero-order valence-corrected chi connectivity index (χ0v) is 55.6. The molecule has 92 heavy (non-hydrogen) atoms. The molecule has 0 amide bonds. The van der Waals surface area contributed by atoms with Crippen LogP contribution in [0.2, 0.25) is 0 Å². The van der Waals surface area contributed by atoms with Crippen molar-refractivity contribution in [3.8, 4) is 55.9 Å². The number of aromatic nitrogens is 2. The molecule has 0 unspecified atom stereocenters. The van der Waals surface area contributed by atoms with Gasteiger partial charge in [-0.2, -0.15) is 0 Å². The van der Waals surface area contributed by atoms with E-state index in [0.717, 1.165) is 11.2 Å². The lowest BCUT2D eigenvalue weighted by Crippen LogP contribution is -2.55. The Labute approximate surface area is 553 Å². The highest BCUT2D eigenvalue weighted by atomic mass is 32.3. The quantitative estimate of drug-likeness (QED) is 0.174. The number of nitrogens with zero attached hydrogens (tertiary/aromatic N) is 2. The van der Waals surface area contributed by atoms with Crippen molar-refractivity contribution >= 4 is 218 Å².